The van der Waals surface area contributed by atoms with Gasteiger partial charge in [0.05, 0.1) is 0 Å². The Bertz CT molecular complexity index is 476. The van der Waals surface area contributed by atoms with Gasteiger partial charge in [0, 0.05) is 24.8 Å². The minimum Gasteiger partial charge on any atom is -0.368 e. The zero-order valence-electron chi connectivity index (χ0n) is 12.4. The highest BCUT2D eigenvalue weighted by atomic mass is 15.2. The van der Waals surface area contributed by atoms with E-state index in [2.05, 4.69) is 28.4 Å². The molecule has 0 aromatic heterocycles. The highest BCUT2D eigenvalue weighted by molar-refractivity contribution is 5.59. The van der Waals surface area contributed by atoms with E-state index in [-0.39, 0.29) is 0 Å². The fourth-order valence-electron chi connectivity index (χ4n) is 4.70. The van der Waals surface area contributed by atoms with E-state index >= 15 is 0 Å². The van der Waals surface area contributed by atoms with Gasteiger partial charge in [0.1, 0.15) is 0 Å². The van der Waals surface area contributed by atoms with Crippen molar-refractivity contribution in [1.29, 1.82) is 0 Å². The molecule has 1 N–H and O–H groups in total. The van der Waals surface area contributed by atoms with E-state index in [1.165, 1.54) is 57.1 Å². The molecule has 108 valence electrons. The van der Waals surface area contributed by atoms with Crippen LogP contribution in [0.5, 0.6) is 0 Å². The van der Waals surface area contributed by atoms with Crippen molar-refractivity contribution in [2.24, 2.45) is 5.92 Å². The predicted octanol–water partition coefficient (Wildman–Crippen LogP) is 3.49. The molecule has 1 saturated heterocycles. The van der Waals surface area contributed by atoms with Gasteiger partial charge in [0.15, 0.2) is 0 Å². The molecule has 4 rings (SSSR count). The lowest BCUT2D eigenvalue weighted by Gasteiger charge is -2.34. The van der Waals surface area contributed by atoms with Crippen LogP contribution in [0.15, 0.2) is 18.2 Å². The van der Waals surface area contributed by atoms with Crippen LogP contribution in [0, 0.1) is 5.92 Å². The molecule has 1 atom stereocenters. The lowest BCUT2D eigenvalue weighted by Crippen LogP contribution is -2.36. The van der Waals surface area contributed by atoms with Crippen molar-refractivity contribution < 1.29 is 0 Å². The third-order valence-corrected chi connectivity index (χ3v) is 5.67. The highest BCUT2D eigenvalue weighted by Gasteiger charge is 2.34. The number of benzene rings is 1. The Kier molecular flexibility index (Phi) is 3.43. The van der Waals surface area contributed by atoms with E-state index in [0.717, 1.165) is 25.0 Å². The third kappa shape index (κ3) is 2.14. The molecule has 1 aromatic carbocycles. The molecule has 20 heavy (non-hydrogen) atoms. The van der Waals surface area contributed by atoms with Crippen LogP contribution < -0.4 is 10.2 Å². The lowest BCUT2D eigenvalue weighted by molar-refractivity contribution is 0.430. The summed E-state index contributed by atoms with van der Waals surface area (Å²) in [4.78, 5) is 2.78. The average Bonchev–Trinajstić information content (AvgIpc) is 3.17. The predicted molar refractivity (Wildman–Crippen MR) is 84.2 cm³/mol. The molecule has 2 fully saturated rings. The van der Waals surface area contributed by atoms with Crippen LogP contribution in [0.4, 0.5) is 5.69 Å². The lowest BCUT2D eigenvalue weighted by atomic mass is 9.93. The quantitative estimate of drug-likeness (QED) is 0.885. The average molecular weight is 270 g/mol. The highest BCUT2D eigenvalue weighted by Crippen LogP contribution is 2.39. The summed E-state index contributed by atoms with van der Waals surface area (Å²) in [7, 11) is 0. The molecule has 2 aliphatic heterocycles. The van der Waals surface area contributed by atoms with Gasteiger partial charge in [0.25, 0.3) is 0 Å². The summed E-state index contributed by atoms with van der Waals surface area (Å²) in [5, 5.41) is 3.51. The Morgan fingerprint density at radius 3 is 2.85 bits per heavy atom. The van der Waals surface area contributed by atoms with Crippen molar-refractivity contribution >= 4 is 5.69 Å². The molecule has 1 unspecified atom stereocenters. The van der Waals surface area contributed by atoms with Gasteiger partial charge in [-0.3, -0.25) is 0 Å². The maximum Gasteiger partial charge on any atom is 0.0405 e. The van der Waals surface area contributed by atoms with Gasteiger partial charge < -0.3 is 10.2 Å². The van der Waals surface area contributed by atoms with E-state index in [0.29, 0.717) is 0 Å². The van der Waals surface area contributed by atoms with Crippen LogP contribution in [0.2, 0.25) is 0 Å². The first kappa shape index (κ1) is 12.7. The minimum absolute atomic E-state index is 0.832. The molecular weight excluding hydrogens is 244 g/mol. The van der Waals surface area contributed by atoms with Gasteiger partial charge >= 0.3 is 0 Å². The minimum atomic E-state index is 0.832. The van der Waals surface area contributed by atoms with Crippen LogP contribution in [0.25, 0.3) is 0 Å². The first-order valence-corrected chi connectivity index (χ1v) is 8.51. The van der Waals surface area contributed by atoms with Gasteiger partial charge in [-0.2, -0.15) is 0 Å². The maximum absolute atomic E-state index is 3.51. The zero-order valence-corrected chi connectivity index (χ0v) is 12.4. The molecule has 2 heteroatoms. The van der Waals surface area contributed by atoms with Crippen LogP contribution in [0.3, 0.4) is 0 Å². The van der Waals surface area contributed by atoms with E-state index in [4.69, 9.17) is 0 Å². The van der Waals surface area contributed by atoms with Gasteiger partial charge in [-0.25, -0.2) is 0 Å². The van der Waals surface area contributed by atoms with Crippen LogP contribution in [0.1, 0.15) is 49.7 Å². The van der Waals surface area contributed by atoms with E-state index in [9.17, 15) is 0 Å². The van der Waals surface area contributed by atoms with Gasteiger partial charge in [-0.15, -0.1) is 0 Å². The Hall–Kier alpha value is -1.02. The van der Waals surface area contributed by atoms with Crippen molar-refractivity contribution in [2.45, 2.75) is 57.5 Å². The molecule has 0 radical (unpaired) electrons. The molecule has 1 saturated carbocycles. The summed E-state index contributed by atoms with van der Waals surface area (Å²) < 4.78 is 0. The van der Waals surface area contributed by atoms with E-state index in [1.807, 2.05) is 0 Å². The second-order valence-corrected chi connectivity index (χ2v) is 6.79. The smallest absolute Gasteiger partial charge is 0.0405 e. The summed E-state index contributed by atoms with van der Waals surface area (Å²) in [6.45, 7) is 3.49. The number of hydrogen-bond donors (Lipinski definition) is 1. The SMILES string of the molecule is c1cc2c(c(N3CCCC3C3CCCC3)c1)CCNC2. The van der Waals surface area contributed by atoms with Crippen molar-refractivity contribution in [3.63, 3.8) is 0 Å². The Morgan fingerprint density at radius 2 is 1.95 bits per heavy atom. The summed E-state index contributed by atoms with van der Waals surface area (Å²) in [6.07, 6.45) is 9.89. The van der Waals surface area contributed by atoms with Crippen LogP contribution >= 0.6 is 0 Å². The van der Waals surface area contributed by atoms with E-state index in [1.54, 1.807) is 11.3 Å². The number of anilines is 1. The number of hydrogen-bond acceptors (Lipinski definition) is 2. The zero-order chi connectivity index (χ0) is 13.4. The topological polar surface area (TPSA) is 15.3 Å². The molecule has 1 aliphatic carbocycles. The summed E-state index contributed by atoms with van der Waals surface area (Å²) in [5.74, 6) is 0.968. The number of fused-ring (bicyclic) bond motifs is 1. The Morgan fingerprint density at radius 1 is 1.05 bits per heavy atom. The van der Waals surface area contributed by atoms with Crippen LogP contribution in [-0.2, 0) is 13.0 Å². The first-order valence-electron chi connectivity index (χ1n) is 8.51. The number of nitrogens with one attached hydrogen (secondary N) is 1. The van der Waals surface area contributed by atoms with Crippen molar-refractivity contribution in [3.05, 3.63) is 29.3 Å². The summed E-state index contributed by atoms with van der Waals surface area (Å²) in [5.41, 5.74) is 4.74. The number of rotatable bonds is 2. The summed E-state index contributed by atoms with van der Waals surface area (Å²) >= 11 is 0. The molecule has 2 nitrogen and oxygen atoms in total. The second kappa shape index (κ2) is 5.40. The normalized spacial score (nSPS) is 27.0. The van der Waals surface area contributed by atoms with Crippen LogP contribution in [-0.4, -0.2) is 19.1 Å². The standard InChI is InChI=1S/C18H26N2/c1-2-6-14(5-1)17-9-4-12-20(17)18-8-3-7-15-13-19-11-10-16(15)18/h3,7-8,14,17,19H,1-2,4-6,9-13H2. The first-order chi connectivity index (χ1) is 9.93. The van der Waals surface area contributed by atoms with Crippen molar-refractivity contribution in [1.82, 2.24) is 5.32 Å². The molecule has 0 spiro atoms. The fraction of sp³-hybridized carbons (Fsp3) is 0.667. The fourth-order valence-corrected chi connectivity index (χ4v) is 4.70. The Labute approximate surface area is 122 Å². The molecule has 1 aromatic rings. The van der Waals surface area contributed by atoms with E-state index < -0.39 is 0 Å². The monoisotopic (exact) mass is 270 g/mol. The summed E-state index contributed by atoms with van der Waals surface area (Å²) in [6, 6.07) is 7.80. The van der Waals surface area contributed by atoms with Crippen molar-refractivity contribution in [2.75, 3.05) is 18.0 Å². The largest absolute Gasteiger partial charge is 0.368 e. The van der Waals surface area contributed by atoms with Gasteiger partial charge in [-0.05, 0) is 61.8 Å². The van der Waals surface area contributed by atoms with Gasteiger partial charge in [-0.1, -0.05) is 25.0 Å². The maximum atomic E-state index is 3.51. The molecule has 3 aliphatic rings. The molecule has 0 amide bonds. The molecular formula is C18H26N2. The molecule has 2 heterocycles. The number of nitrogens with zero attached hydrogens (tertiary/aromatic N) is 1. The Balaban J connectivity index is 1.65. The molecule has 0 bridgehead atoms. The van der Waals surface area contributed by atoms with Crippen molar-refractivity contribution in [3.8, 4) is 0 Å². The second-order valence-electron chi connectivity index (χ2n) is 6.79. The van der Waals surface area contributed by atoms with Gasteiger partial charge in [0.2, 0.25) is 0 Å². The third-order valence-electron chi connectivity index (χ3n) is 5.67.